The number of rotatable bonds is 6. The van der Waals surface area contributed by atoms with E-state index in [9.17, 15) is 9.59 Å². The monoisotopic (exact) mass is 317 g/mol. The molecule has 2 unspecified atom stereocenters. The van der Waals surface area contributed by atoms with Crippen molar-refractivity contribution in [2.45, 2.75) is 58.4 Å². The zero-order chi connectivity index (χ0) is 16.8. The van der Waals surface area contributed by atoms with E-state index in [0.29, 0.717) is 17.2 Å². The van der Waals surface area contributed by atoms with E-state index in [1.807, 2.05) is 19.1 Å². The van der Waals surface area contributed by atoms with Crippen LogP contribution in [0.15, 0.2) is 18.2 Å². The lowest BCUT2D eigenvalue weighted by Gasteiger charge is -2.29. The molecule has 0 heterocycles. The molecule has 1 aromatic rings. The molecule has 1 N–H and O–H groups in total. The van der Waals surface area contributed by atoms with Gasteiger partial charge in [-0.3, -0.25) is 9.59 Å². The zero-order valence-corrected chi connectivity index (χ0v) is 14.4. The van der Waals surface area contributed by atoms with E-state index in [2.05, 4.69) is 12.2 Å². The Bertz CT molecular complexity index is 568. The molecule has 0 spiro atoms. The fourth-order valence-electron chi connectivity index (χ4n) is 3.21. The molecular weight excluding hydrogens is 290 g/mol. The minimum Gasteiger partial charge on any atom is -0.496 e. The van der Waals surface area contributed by atoms with Gasteiger partial charge in [0, 0.05) is 18.9 Å². The highest BCUT2D eigenvalue weighted by atomic mass is 16.5. The first kappa shape index (κ1) is 17.5. The van der Waals surface area contributed by atoms with Crippen LogP contribution in [0.25, 0.3) is 0 Å². The summed E-state index contributed by atoms with van der Waals surface area (Å²) in [4.78, 5) is 24.5. The Balaban J connectivity index is 1.88. The van der Waals surface area contributed by atoms with E-state index < -0.39 is 0 Å². The topological polar surface area (TPSA) is 55.4 Å². The zero-order valence-electron chi connectivity index (χ0n) is 14.4. The number of carbonyl (C=O) groups excluding carboxylic acids is 2. The number of Topliss-reactive ketones (excluding diaryl/α,β-unsaturated/α-hetero) is 1. The predicted octanol–water partition coefficient (Wildman–Crippen LogP) is 3.66. The van der Waals surface area contributed by atoms with E-state index >= 15 is 0 Å². The highest BCUT2D eigenvalue weighted by Crippen LogP contribution is 2.24. The Labute approximate surface area is 138 Å². The third-order valence-corrected chi connectivity index (χ3v) is 4.69. The molecule has 1 aromatic carbocycles. The lowest BCUT2D eigenvalue weighted by molar-refractivity contribution is -0.122. The molecule has 1 fully saturated rings. The first-order chi connectivity index (χ1) is 11.0. The van der Waals surface area contributed by atoms with Crippen LogP contribution in [0.4, 0.5) is 0 Å². The summed E-state index contributed by atoms with van der Waals surface area (Å²) in [6, 6.07) is 5.79. The average Bonchev–Trinajstić information content (AvgIpc) is 2.54. The van der Waals surface area contributed by atoms with Crippen molar-refractivity contribution in [2.75, 3.05) is 7.11 Å². The van der Waals surface area contributed by atoms with Crippen molar-refractivity contribution in [3.05, 3.63) is 29.3 Å². The summed E-state index contributed by atoms with van der Waals surface area (Å²) in [5.74, 6) is 1.03. The Morgan fingerprint density at radius 1 is 1.22 bits per heavy atom. The van der Waals surface area contributed by atoms with Crippen molar-refractivity contribution in [3.63, 3.8) is 0 Å². The van der Waals surface area contributed by atoms with E-state index in [-0.39, 0.29) is 30.6 Å². The van der Waals surface area contributed by atoms with Crippen molar-refractivity contribution in [1.29, 1.82) is 0 Å². The molecule has 0 bridgehead atoms. The fourth-order valence-corrected chi connectivity index (χ4v) is 3.21. The Morgan fingerprint density at radius 3 is 2.65 bits per heavy atom. The normalized spacial score (nSPS) is 20.8. The summed E-state index contributed by atoms with van der Waals surface area (Å²) in [6.45, 7) is 4.13. The number of hydrogen-bond acceptors (Lipinski definition) is 3. The van der Waals surface area contributed by atoms with Gasteiger partial charge in [0.25, 0.3) is 0 Å². The van der Waals surface area contributed by atoms with Gasteiger partial charge in [0.05, 0.1) is 12.7 Å². The second kappa shape index (κ2) is 8.14. The number of carbonyl (C=O) groups is 2. The summed E-state index contributed by atoms with van der Waals surface area (Å²) < 4.78 is 5.24. The molecule has 4 nitrogen and oxygen atoms in total. The molecule has 1 aliphatic rings. The molecule has 0 aliphatic heterocycles. The van der Waals surface area contributed by atoms with Crippen molar-refractivity contribution in [2.24, 2.45) is 5.92 Å². The van der Waals surface area contributed by atoms with Gasteiger partial charge < -0.3 is 10.1 Å². The Hall–Kier alpha value is -1.84. The number of aryl methyl sites for hydroxylation is 1. The molecule has 1 saturated carbocycles. The largest absolute Gasteiger partial charge is 0.496 e. The number of amides is 1. The first-order valence-electron chi connectivity index (χ1n) is 8.48. The van der Waals surface area contributed by atoms with E-state index in [1.54, 1.807) is 13.2 Å². The van der Waals surface area contributed by atoms with E-state index in [0.717, 1.165) is 12.0 Å². The van der Waals surface area contributed by atoms with Crippen molar-refractivity contribution in [1.82, 2.24) is 5.32 Å². The standard InChI is InChI=1S/C19H27NO3/c1-13-8-10-18(23-3)15(12-13)17(21)9-11-19(22)20-16-7-5-4-6-14(16)2/h8,10,12,14,16H,4-7,9,11H2,1-3H3,(H,20,22). The van der Waals surface area contributed by atoms with Crippen molar-refractivity contribution < 1.29 is 14.3 Å². The minimum atomic E-state index is -0.0441. The van der Waals surface area contributed by atoms with Gasteiger partial charge >= 0.3 is 0 Å². The SMILES string of the molecule is COc1ccc(C)cc1C(=O)CCC(=O)NC1CCCCC1C. The number of ketones is 1. The van der Waals surface area contributed by atoms with Crippen LogP contribution in [-0.2, 0) is 4.79 Å². The Kier molecular flexibility index (Phi) is 6.20. The summed E-state index contributed by atoms with van der Waals surface area (Å²) >= 11 is 0. The highest BCUT2D eigenvalue weighted by molar-refractivity contribution is 6.00. The van der Waals surface area contributed by atoms with Crippen LogP contribution in [-0.4, -0.2) is 24.8 Å². The molecule has 0 radical (unpaired) electrons. The lowest BCUT2D eigenvalue weighted by atomic mass is 9.86. The van der Waals surface area contributed by atoms with Crippen LogP contribution < -0.4 is 10.1 Å². The van der Waals surface area contributed by atoms with Crippen LogP contribution in [0.1, 0.15) is 61.4 Å². The van der Waals surface area contributed by atoms with Crippen LogP contribution in [0, 0.1) is 12.8 Å². The number of hydrogen-bond donors (Lipinski definition) is 1. The highest BCUT2D eigenvalue weighted by Gasteiger charge is 2.23. The first-order valence-corrected chi connectivity index (χ1v) is 8.48. The van der Waals surface area contributed by atoms with Gasteiger partial charge in [-0.25, -0.2) is 0 Å². The number of ether oxygens (including phenoxy) is 1. The maximum atomic E-state index is 12.4. The van der Waals surface area contributed by atoms with Crippen LogP contribution in [0.2, 0.25) is 0 Å². The molecule has 1 amide bonds. The van der Waals surface area contributed by atoms with Gasteiger partial charge in [-0.05, 0) is 37.8 Å². The average molecular weight is 317 g/mol. The van der Waals surface area contributed by atoms with Gasteiger partial charge in [-0.1, -0.05) is 31.4 Å². The van der Waals surface area contributed by atoms with E-state index in [4.69, 9.17) is 4.74 Å². The summed E-state index contributed by atoms with van der Waals surface area (Å²) in [5, 5.41) is 3.09. The lowest BCUT2D eigenvalue weighted by Crippen LogP contribution is -2.41. The van der Waals surface area contributed by atoms with Gasteiger partial charge in [0.1, 0.15) is 5.75 Å². The van der Waals surface area contributed by atoms with Gasteiger partial charge in [-0.15, -0.1) is 0 Å². The second-order valence-corrected chi connectivity index (χ2v) is 6.56. The van der Waals surface area contributed by atoms with Gasteiger partial charge in [0.2, 0.25) is 5.91 Å². The molecule has 0 saturated heterocycles. The van der Waals surface area contributed by atoms with Gasteiger partial charge in [0.15, 0.2) is 5.78 Å². The molecular formula is C19H27NO3. The van der Waals surface area contributed by atoms with Crippen molar-refractivity contribution >= 4 is 11.7 Å². The predicted molar refractivity (Wildman–Crippen MR) is 90.9 cm³/mol. The number of benzene rings is 1. The Morgan fingerprint density at radius 2 is 1.96 bits per heavy atom. The molecule has 0 aromatic heterocycles. The maximum absolute atomic E-state index is 12.4. The molecule has 1 aliphatic carbocycles. The number of methoxy groups -OCH3 is 1. The molecule has 23 heavy (non-hydrogen) atoms. The van der Waals surface area contributed by atoms with Crippen LogP contribution >= 0.6 is 0 Å². The smallest absolute Gasteiger partial charge is 0.220 e. The second-order valence-electron chi connectivity index (χ2n) is 6.56. The van der Waals surface area contributed by atoms with Crippen LogP contribution in [0.5, 0.6) is 5.75 Å². The van der Waals surface area contributed by atoms with Gasteiger partial charge in [-0.2, -0.15) is 0 Å². The quantitative estimate of drug-likeness (QED) is 0.815. The summed E-state index contributed by atoms with van der Waals surface area (Å²) in [5.41, 5.74) is 1.57. The third kappa shape index (κ3) is 4.81. The molecule has 4 heteroatoms. The maximum Gasteiger partial charge on any atom is 0.220 e. The third-order valence-electron chi connectivity index (χ3n) is 4.69. The van der Waals surface area contributed by atoms with Crippen LogP contribution in [0.3, 0.4) is 0 Å². The summed E-state index contributed by atoms with van der Waals surface area (Å²) in [7, 11) is 1.55. The molecule has 126 valence electrons. The molecule has 2 atom stereocenters. The molecule has 2 rings (SSSR count). The summed E-state index contributed by atoms with van der Waals surface area (Å²) in [6.07, 6.45) is 5.09. The van der Waals surface area contributed by atoms with E-state index in [1.165, 1.54) is 19.3 Å². The van der Waals surface area contributed by atoms with Crippen molar-refractivity contribution in [3.8, 4) is 5.75 Å². The fraction of sp³-hybridized carbons (Fsp3) is 0.579. The number of nitrogens with one attached hydrogen (secondary N) is 1. The minimum absolute atomic E-state index is 0.0243.